The van der Waals surface area contributed by atoms with E-state index in [1.165, 1.54) is 6.42 Å². The number of ether oxygens (including phenoxy) is 2. The first-order valence-corrected chi connectivity index (χ1v) is 20.6. The number of hydrogen-bond acceptors (Lipinski definition) is 8. The van der Waals surface area contributed by atoms with E-state index >= 15 is 0 Å². The van der Waals surface area contributed by atoms with Crippen LogP contribution in [-0.4, -0.2) is 88.8 Å². The highest BCUT2D eigenvalue weighted by atomic mass is 28.5. The Balaban J connectivity index is 2.01. The molecule has 2 aliphatic rings. The van der Waals surface area contributed by atoms with Gasteiger partial charge in [0.2, 0.25) is 0 Å². The fraction of sp³-hybridized carbons (Fsp3) is 1.00. The van der Waals surface area contributed by atoms with Gasteiger partial charge in [-0.1, -0.05) is 6.42 Å². The van der Waals surface area contributed by atoms with Crippen LogP contribution in [0.2, 0.25) is 43.8 Å². The summed E-state index contributed by atoms with van der Waals surface area (Å²) >= 11 is 0. The molecule has 4 atom stereocenters. The van der Waals surface area contributed by atoms with Crippen LogP contribution in [0.25, 0.3) is 0 Å². The average Bonchev–Trinajstić information content (AvgIpc) is 3.53. The van der Waals surface area contributed by atoms with E-state index in [-0.39, 0.29) is 0 Å². The Hall–Kier alpha value is 0.548. The molecule has 0 saturated carbocycles. The third-order valence-corrected chi connectivity index (χ3v) is 20.5. The molecule has 0 aromatic rings. The standard InChI is InChI=1S/C18H42O8Si4/c1-19-30(20-2,21-3)15-14-29(6)25-27(4)12-8-7-11-24-28(5,26-29)13-9-10-22-16-18-17-23-18/h18,27H,7-17H2,1-6H3. The Kier molecular flexibility index (Phi) is 11.3. The molecule has 12 heteroatoms. The number of rotatable bonds is 12. The van der Waals surface area contributed by atoms with Crippen LogP contribution in [0.4, 0.5) is 0 Å². The monoisotopic (exact) mass is 498 g/mol. The molecular weight excluding hydrogens is 457 g/mol. The first-order valence-electron chi connectivity index (χ1n) is 11.1. The third-order valence-electron chi connectivity index (χ3n) is 5.74. The molecule has 0 radical (unpaired) electrons. The van der Waals surface area contributed by atoms with Gasteiger partial charge in [0.1, 0.15) is 6.10 Å². The van der Waals surface area contributed by atoms with Crippen LogP contribution in [0.3, 0.4) is 0 Å². The van der Waals surface area contributed by atoms with Crippen molar-refractivity contribution < 1.29 is 35.4 Å². The van der Waals surface area contributed by atoms with Gasteiger partial charge in [-0.25, -0.2) is 0 Å². The lowest BCUT2D eigenvalue weighted by Crippen LogP contribution is -2.55. The van der Waals surface area contributed by atoms with Gasteiger partial charge in [0, 0.05) is 40.6 Å². The number of epoxide rings is 1. The molecule has 2 fully saturated rings. The van der Waals surface area contributed by atoms with Crippen LogP contribution >= 0.6 is 0 Å². The van der Waals surface area contributed by atoms with Gasteiger partial charge in [-0.05, 0) is 50.6 Å². The molecule has 30 heavy (non-hydrogen) atoms. The van der Waals surface area contributed by atoms with E-state index < -0.39 is 35.0 Å². The molecular formula is C18H42O8Si4. The van der Waals surface area contributed by atoms with Crippen molar-refractivity contribution in [3.63, 3.8) is 0 Å². The molecule has 4 unspecified atom stereocenters. The molecule has 0 aromatic carbocycles. The van der Waals surface area contributed by atoms with Gasteiger partial charge < -0.3 is 35.4 Å². The minimum Gasteiger partial charge on any atom is -0.439 e. The molecule has 8 nitrogen and oxygen atoms in total. The van der Waals surface area contributed by atoms with Gasteiger partial charge in [-0.15, -0.1) is 0 Å². The zero-order valence-electron chi connectivity index (χ0n) is 19.7. The Morgan fingerprint density at radius 1 is 1.03 bits per heavy atom. The minimum absolute atomic E-state index is 0.307. The molecule has 0 aromatic heterocycles. The SMILES string of the molecule is CO[Si](CC[Si]1(C)O[SiH](C)CCCCO[Si](C)(CCCOCC2CO2)O1)(OC)OC. The van der Waals surface area contributed by atoms with E-state index in [0.717, 1.165) is 44.2 Å². The Labute approximate surface area is 187 Å². The van der Waals surface area contributed by atoms with Crippen molar-refractivity contribution in [2.24, 2.45) is 0 Å². The van der Waals surface area contributed by atoms with E-state index in [2.05, 4.69) is 19.6 Å². The molecule has 2 aliphatic heterocycles. The van der Waals surface area contributed by atoms with Crippen LogP contribution in [-0.2, 0) is 35.4 Å². The fourth-order valence-electron chi connectivity index (χ4n) is 3.86. The third kappa shape index (κ3) is 9.19. The van der Waals surface area contributed by atoms with Crippen molar-refractivity contribution in [3.8, 4) is 0 Å². The summed E-state index contributed by atoms with van der Waals surface area (Å²) in [5.41, 5.74) is 0. The van der Waals surface area contributed by atoms with Crippen LogP contribution in [0.1, 0.15) is 19.3 Å². The van der Waals surface area contributed by atoms with Crippen molar-refractivity contribution in [2.45, 2.75) is 69.2 Å². The lowest BCUT2D eigenvalue weighted by atomic mass is 10.4. The summed E-state index contributed by atoms with van der Waals surface area (Å²) in [4.78, 5) is 0. The lowest BCUT2D eigenvalue weighted by molar-refractivity contribution is 0.114. The van der Waals surface area contributed by atoms with Crippen LogP contribution in [0, 0.1) is 0 Å². The van der Waals surface area contributed by atoms with Gasteiger partial charge in [-0.2, -0.15) is 0 Å². The molecule has 2 saturated heterocycles. The zero-order valence-corrected chi connectivity index (χ0v) is 23.9. The fourth-order valence-corrected chi connectivity index (χ4v) is 20.1. The van der Waals surface area contributed by atoms with Crippen LogP contribution in [0.15, 0.2) is 0 Å². The van der Waals surface area contributed by atoms with Crippen LogP contribution < -0.4 is 0 Å². The van der Waals surface area contributed by atoms with Crippen molar-refractivity contribution in [1.82, 2.24) is 0 Å². The molecule has 0 N–H and O–H groups in total. The predicted octanol–water partition coefficient (Wildman–Crippen LogP) is 3.01. The summed E-state index contributed by atoms with van der Waals surface area (Å²) in [5, 5.41) is 0. The van der Waals surface area contributed by atoms with Gasteiger partial charge in [-0.3, -0.25) is 0 Å². The summed E-state index contributed by atoms with van der Waals surface area (Å²) < 4.78 is 47.9. The summed E-state index contributed by atoms with van der Waals surface area (Å²) in [7, 11) is -3.86. The summed E-state index contributed by atoms with van der Waals surface area (Å²) in [6, 6.07) is 3.54. The molecule has 0 amide bonds. The smallest absolute Gasteiger partial charge is 0.439 e. The Morgan fingerprint density at radius 3 is 2.37 bits per heavy atom. The van der Waals surface area contributed by atoms with E-state index in [1.54, 1.807) is 21.3 Å². The zero-order chi connectivity index (χ0) is 22.1. The second-order valence-electron chi connectivity index (χ2n) is 8.57. The quantitative estimate of drug-likeness (QED) is 0.231. The van der Waals surface area contributed by atoms with Gasteiger partial charge in [0.15, 0.2) is 9.04 Å². The predicted molar refractivity (Wildman–Crippen MR) is 125 cm³/mol. The van der Waals surface area contributed by atoms with Crippen molar-refractivity contribution in [1.29, 1.82) is 0 Å². The van der Waals surface area contributed by atoms with E-state index in [9.17, 15) is 0 Å². The van der Waals surface area contributed by atoms with Crippen molar-refractivity contribution in [2.75, 3.05) is 47.8 Å². The maximum absolute atomic E-state index is 6.88. The summed E-state index contributed by atoms with van der Waals surface area (Å²) in [5.74, 6) is 0. The van der Waals surface area contributed by atoms with Crippen molar-refractivity contribution >= 4 is 35.0 Å². The molecule has 2 heterocycles. The first-order chi connectivity index (χ1) is 14.3. The van der Waals surface area contributed by atoms with Gasteiger partial charge >= 0.3 is 25.9 Å². The molecule has 178 valence electrons. The second kappa shape index (κ2) is 12.7. The summed E-state index contributed by atoms with van der Waals surface area (Å²) in [6.45, 7) is 9.68. The Morgan fingerprint density at radius 2 is 1.73 bits per heavy atom. The summed E-state index contributed by atoms with van der Waals surface area (Å²) in [6.07, 6.45) is 3.48. The lowest BCUT2D eigenvalue weighted by Gasteiger charge is -2.40. The van der Waals surface area contributed by atoms with E-state index in [1.807, 2.05) is 0 Å². The second-order valence-corrected chi connectivity index (χ2v) is 21.4. The highest BCUT2D eigenvalue weighted by Crippen LogP contribution is 2.31. The van der Waals surface area contributed by atoms with E-state index in [4.69, 9.17) is 35.4 Å². The first kappa shape index (κ1) is 26.8. The van der Waals surface area contributed by atoms with Gasteiger partial charge in [0.05, 0.1) is 13.2 Å². The van der Waals surface area contributed by atoms with E-state index in [0.29, 0.717) is 25.4 Å². The molecule has 0 bridgehead atoms. The minimum atomic E-state index is -2.68. The average molecular weight is 499 g/mol. The molecule has 0 aliphatic carbocycles. The molecule has 0 spiro atoms. The number of hydrogen-bond donors (Lipinski definition) is 0. The largest absolute Gasteiger partial charge is 0.500 e. The van der Waals surface area contributed by atoms with Gasteiger partial charge in [0.25, 0.3) is 0 Å². The van der Waals surface area contributed by atoms with Crippen molar-refractivity contribution in [3.05, 3.63) is 0 Å². The maximum Gasteiger partial charge on any atom is 0.500 e. The highest BCUT2D eigenvalue weighted by Gasteiger charge is 2.48. The maximum atomic E-state index is 6.88. The van der Waals surface area contributed by atoms with Crippen LogP contribution in [0.5, 0.6) is 0 Å². The topological polar surface area (TPSA) is 77.1 Å². The Bertz CT molecular complexity index is 489. The highest BCUT2D eigenvalue weighted by molar-refractivity contribution is 6.84. The molecule has 2 rings (SSSR count). The normalized spacial score (nSPS) is 33.4.